The fraction of sp³-hybridized carbons (Fsp3) is 0.364. The van der Waals surface area contributed by atoms with Crippen molar-refractivity contribution in [3.8, 4) is 5.75 Å². The van der Waals surface area contributed by atoms with Gasteiger partial charge in [0.2, 0.25) is 0 Å². The van der Waals surface area contributed by atoms with Crippen molar-refractivity contribution >= 4 is 5.52 Å². The summed E-state index contributed by atoms with van der Waals surface area (Å²) >= 11 is 0. The van der Waals surface area contributed by atoms with E-state index in [1.165, 1.54) is 0 Å². The maximum atomic E-state index is 11.9. The Hall–Kier alpha value is -1.72. The van der Waals surface area contributed by atoms with Gasteiger partial charge in [-0.3, -0.25) is 0 Å². The molecule has 2 aromatic heterocycles. The number of halogens is 3. The number of hydrogen-bond acceptors (Lipinski definition) is 2. The monoisotopic (exact) mass is 244 g/mol. The molecule has 0 fully saturated rings. The lowest BCUT2D eigenvalue weighted by molar-refractivity contribution is -0.139. The molecule has 0 radical (unpaired) electrons. The summed E-state index contributed by atoms with van der Waals surface area (Å²) in [6.07, 6.45) is -3.58. The molecule has 0 aliphatic rings. The Kier molecular flexibility index (Phi) is 2.95. The van der Waals surface area contributed by atoms with Gasteiger partial charge < -0.3 is 4.74 Å². The summed E-state index contributed by atoms with van der Waals surface area (Å²) in [7, 11) is 0. The molecule has 0 amide bonds. The number of hydrogen-bond donors (Lipinski definition) is 0. The maximum Gasteiger partial charge on any atom is 0.392 e. The second kappa shape index (κ2) is 4.27. The third-order valence-electron chi connectivity index (χ3n) is 2.21. The van der Waals surface area contributed by atoms with Crippen molar-refractivity contribution in [1.29, 1.82) is 0 Å². The second-order valence-corrected chi connectivity index (χ2v) is 3.73. The minimum absolute atomic E-state index is 0.379. The minimum Gasteiger partial charge on any atom is -0.492 e. The van der Waals surface area contributed by atoms with Gasteiger partial charge in [-0.25, -0.2) is 4.52 Å². The lowest BCUT2D eigenvalue weighted by Crippen LogP contribution is -2.13. The molecule has 0 bridgehead atoms. The van der Waals surface area contributed by atoms with Gasteiger partial charge in [0.05, 0.1) is 30.4 Å². The standard InChI is InChI=1S/C11H11F3N2O/c1-8-6-9-2-3-10(7-16(9)15-8)17-5-4-11(12,13)14/h2-3,6-7H,4-5H2,1H3. The second-order valence-electron chi connectivity index (χ2n) is 3.73. The molecule has 2 rings (SSSR count). The zero-order valence-corrected chi connectivity index (χ0v) is 9.16. The van der Waals surface area contributed by atoms with Crippen molar-refractivity contribution in [2.75, 3.05) is 6.61 Å². The van der Waals surface area contributed by atoms with E-state index >= 15 is 0 Å². The molecule has 2 aromatic rings. The highest BCUT2D eigenvalue weighted by Gasteiger charge is 2.26. The summed E-state index contributed by atoms with van der Waals surface area (Å²) in [4.78, 5) is 0. The highest BCUT2D eigenvalue weighted by Crippen LogP contribution is 2.20. The summed E-state index contributed by atoms with van der Waals surface area (Å²) in [5.41, 5.74) is 1.73. The van der Waals surface area contributed by atoms with Crippen LogP contribution >= 0.6 is 0 Å². The van der Waals surface area contributed by atoms with Crippen LogP contribution in [-0.2, 0) is 0 Å². The van der Waals surface area contributed by atoms with Crippen LogP contribution < -0.4 is 4.74 Å². The smallest absolute Gasteiger partial charge is 0.392 e. The summed E-state index contributed by atoms with van der Waals surface area (Å²) in [5, 5.41) is 4.15. The fourth-order valence-electron chi connectivity index (χ4n) is 1.47. The van der Waals surface area contributed by atoms with E-state index in [0.29, 0.717) is 5.75 Å². The summed E-state index contributed by atoms with van der Waals surface area (Å²) < 4.78 is 42.4. The molecular formula is C11H11F3N2O. The lowest BCUT2D eigenvalue weighted by atomic mass is 10.3. The molecule has 0 unspecified atom stereocenters. The van der Waals surface area contributed by atoms with Crippen LogP contribution in [0.25, 0.3) is 5.52 Å². The Morgan fingerprint density at radius 3 is 2.82 bits per heavy atom. The third-order valence-corrected chi connectivity index (χ3v) is 2.21. The van der Waals surface area contributed by atoms with Crippen molar-refractivity contribution < 1.29 is 17.9 Å². The van der Waals surface area contributed by atoms with Crippen LogP contribution in [0.1, 0.15) is 12.1 Å². The topological polar surface area (TPSA) is 26.5 Å². The number of aryl methyl sites for hydroxylation is 1. The third kappa shape index (κ3) is 3.12. The fourth-order valence-corrected chi connectivity index (χ4v) is 1.47. The number of fused-ring (bicyclic) bond motifs is 1. The molecule has 0 saturated carbocycles. The Labute approximate surface area is 95.8 Å². The molecule has 2 heterocycles. The van der Waals surface area contributed by atoms with E-state index in [9.17, 15) is 13.2 Å². The zero-order chi connectivity index (χ0) is 12.5. The molecule has 0 aromatic carbocycles. The van der Waals surface area contributed by atoms with E-state index in [-0.39, 0.29) is 6.61 Å². The Bertz CT molecular complexity index is 519. The van der Waals surface area contributed by atoms with Crippen molar-refractivity contribution in [2.24, 2.45) is 0 Å². The normalized spacial score (nSPS) is 12.0. The van der Waals surface area contributed by atoms with Gasteiger partial charge in [0.1, 0.15) is 5.75 Å². The van der Waals surface area contributed by atoms with Gasteiger partial charge in [-0.2, -0.15) is 18.3 Å². The minimum atomic E-state index is -4.19. The first kappa shape index (κ1) is 11.8. The molecule has 92 valence electrons. The predicted molar refractivity (Wildman–Crippen MR) is 56.1 cm³/mol. The van der Waals surface area contributed by atoms with Gasteiger partial charge in [0.25, 0.3) is 0 Å². The van der Waals surface area contributed by atoms with Gasteiger partial charge in [0.15, 0.2) is 0 Å². The first-order valence-corrected chi connectivity index (χ1v) is 5.10. The number of ether oxygens (including phenoxy) is 1. The van der Waals surface area contributed by atoms with Gasteiger partial charge in [0, 0.05) is 0 Å². The molecule has 0 saturated heterocycles. The van der Waals surface area contributed by atoms with Crippen molar-refractivity contribution in [2.45, 2.75) is 19.5 Å². The maximum absolute atomic E-state index is 11.9. The molecule has 0 aliphatic heterocycles. The number of aromatic nitrogens is 2. The van der Waals surface area contributed by atoms with Gasteiger partial charge in [-0.15, -0.1) is 0 Å². The molecule has 0 N–H and O–H groups in total. The average Bonchev–Trinajstić information content (AvgIpc) is 2.55. The van der Waals surface area contributed by atoms with Gasteiger partial charge in [-0.1, -0.05) is 0 Å². The quantitative estimate of drug-likeness (QED) is 0.829. The molecule has 0 atom stereocenters. The van der Waals surface area contributed by atoms with Crippen LogP contribution in [0.2, 0.25) is 0 Å². The van der Waals surface area contributed by atoms with Crippen molar-refractivity contribution in [3.63, 3.8) is 0 Å². The first-order chi connectivity index (χ1) is 7.94. The lowest BCUT2D eigenvalue weighted by Gasteiger charge is -2.08. The van der Waals surface area contributed by atoms with E-state index in [2.05, 4.69) is 5.10 Å². The molecule has 3 nitrogen and oxygen atoms in total. The van der Waals surface area contributed by atoms with Crippen molar-refractivity contribution in [1.82, 2.24) is 9.61 Å². The average molecular weight is 244 g/mol. The van der Waals surface area contributed by atoms with Crippen molar-refractivity contribution in [3.05, 3.63) is 30.1 Å². The zero-order valence-electron chi connectivity index (χ0n) is 9.16. The number of rotatable bonds is 3. The molecule has 0 spiro atoms. The van der Waals surface area contributed by atoms with E-state index < -0.39 is 12.6 Å². The molecule has 6 heteroatoms. The SMILES string of the molecule is Cc1cc2ccc(OCCC(F)(F)F)cn2n1. The van der Waals surface area contributed by atoms with E-state index in [1.54, 1.807) is 22.8 Å². The summed E-state index contributed by atoms with van der Waals surface area (Å²) in [6.45, 7) is 1.46. The molecule has 0 aliphatic carbocycles. The highest BCUT2D eigenvalue weighted by atomic mass is 19.4. The van der Waals surface area contributed by atoms with Crippen LogP contribution in [0.5, 0.6) is 5.75 Å². The first-order valence-electron chi connectivity index (χ1n) is 5.10. The Morgan fingerprint density at radius 1 is 1.35 bits per heavy atom. The number of alkyl halides is 3. The van der Waals surface area contributed by atoms with Crippen LogP contribution in [0.15, 0.2) is 24.4 Å². The van der Waals surface area contributed by atoms with Crippen LogP contribution in [0, 0.1) is 6.92 Å². The van der Waals surface area contributed by atoms with E-state index in [0.717, 1.165) is 11.2 Å². The largest absolute Gasteiger partial charge is 0.492 e. The highest BCUT2D eigenvalue weighted by molar-refractivity contribution is 5.49. The molecule has 17 heavy (non-hydrogen) atoms. The van der Waals surface area contributed by atoms with Gasteiger partial charge >= 0.3 is 6.18 Å². The number of pyridine rings is 1. The Morgan fingerprint density at radius 2 is 2.12 bits per heavy atom. The summed E-state index contributed by atoms with van der Waals surface area (Å²) in [5.74, 6) is 0.379. The molecular weight excluding hydrogens is 233 g/mol. The summed E-state index contributed by atoms with van der Waals surface area (Å²) in [6, 6.07) is 5.26. The van der Waals surface area contributed by atoms with Crippen LogP contribution in [0.3, 0.4) is 0 Å². The van der Waals surface area contributed by atoms with Crippen LogP contribution in [0.4, 0.5) is 13.2 Å². The van der Waals surface area contributed by atoms with Crippen LogP contribution in [-0.4, -0.2) is 22.4 Å². The number of nitrogens with zero attached hydrogens (tertiary/aromatic N) is 2. The van der Waals surface area contributed by atoms with E-state index in [4.69, 9.17) is 4.74 Å². The predicted octanol–water partition coefficient (Wildman–Crippen LogP) is 2.97. The van der Waals surface area contributed by atoms with Gasteiger partial charge in [-0.05, 0) is 25.1 Å². The Balaban J connectivity index is 2.04. The van der Waals surface area contributed by atoms with E-state index in [1.807, 2.05) is 13.0 Å².